The number of carbonyl (C=O) groups excluding carboxylic acids is 2. The molecule has 8 heteroatoms. The van der Waals surface area contributed by atoms with Gasteiger partial charge >= 0.3 is 6.03 Å². The molecule has 0 unspecified atom stereocenters. The summed E-state index contributed by atoms with van der Waals surface area (Å²) in [7, 11) is 0. The molecular weight excluding hydrogens is 402 g/mol. The number of benzene rings is 2. The van der Waals surface area contributed by atoms with E-state index in [1.165, 1.54) is 0 Å². The highest BCUT2D eigenvalue weighted by Gasteiger charge is 2.31. The zero-order chi connectivity index (χ0) is 21.3. The van der Waals surface area contributed by atoms with Gasteiger partial charge in [0.2, 0.25) is 0 Å². The summed E-state index contributed by atoms with van der Waals surface area (Å²) in [6.45, 7) is 1.12. The second kappa shape index (κ2) is 7.93. The van der Waals surface area contributed by atoms with E-state index in [4.69, 9.17) is 22.6 Å². The smallest absolute Gasteiger partial charge is 0.322 e. The summed E-state index contributed by atoms with van der Waals surface area (Å²) in [5.41, 5.74) is 9.19. The standard InChI is InChI=1S/C22H18ClN5O2/c23-19-18(21(25)29)17-13-27(22(30)26-16-8-6-14(12-24)7-9-16)10-11-28(17)20(19)15-4-2-1-3-5-15/h1-9H,10-11,13H2,(H2,25,29)(H,26,30). The Hall–Kier alpha value is -3.76. The number of fused-ring (bicyclic) bond motifs is 1. The second-order valence-electron chi connectivity index (χ2n) is 6.91. The van der Waals surface area contributed by atoms with E-state index in [-0.39, 0.29) is 18.1 Å². The Balaban J connectivity index is 1.64. The Morgan fingerprint density at radius 2 is 1.77 bits per heavy atom. The fourth-order valence-corrected chi connectivity index (χ4v) is 4.07. The van der Waals surface area contributed by atoms with Gasteiger partial charge in [-0.15, -0.1) is 0 Å². The first kappa shape index (κ1) is 19.6. The number of nitriles is 1. The van der Waals surface area contributed by atoms with Crippen molar-refractivity contribution in [2.24, 2.45) is 5.73 Å². The average molecular weight is 420 g/mol. The van der Waals surface area contributed by atoms with Crippen LogP contribution in [-0.2, 0) is 13.1 Å². The lowest BCUT2D eigenvalue weighted by Crippen LogP contribution is -2.41. The number of hydrogen-bond donors (Lipinski definition) is 2. The van der Waals surface area contributed by atoms with Crippen molar-refractivity contribution in [2.45, 2.75) is 13.1 Å². The molecule has 0 fully saturated rings. The Morgan fingerprint density at radius 1 is 1.07 bits per heavy atom. The summed E-state index contributed by atoms with van der Waals surface area (Å²) in [4.78, 5) is 26.5. The molecule has 4 rings (SSSR count). The molecule has 3 aromatic rings. The van der Waals surface area contributed by atoms with Crippen molar-refractivity contribution >= 4 is 29.2 Å². The van der Waals surface area contributed by atoms with Crippen molar-refractivity contribution in [2.75, 3.05) is 11.9 Å². The Labute approximate surface area is 178 Å². The molecular formula is C22H18ClN5O2. The minimum absolute atomic E-state index is 0.201. The number of carbonyl (C=O) groups is 2. The summed E-state index contributed by atoms with van der Waals surface area (Å²) in [6.07, 6.45) is 0. The van der Waals surface area contributed by atoms with Gasteiger partial charge in [-0.2, -0.15) is 5.26 Å². The molecule has 1 aliphatic heterocycles. The van der Waals surface area contributed by atoms with Crippen LogP contribution in [0.15, 0.2) is 54.6 Å². The molecule has 1 aliphatic rings. The molecule has 0 radical (unpaired) electrons. The van der Waals surface area contributed by atoms with Crippen molar-refractivity contribution < 1.29 is 9.59 Å². The molecule has 30 heavy (non-hydrogen) atoms. The van der Waals surface area contributed by atoms with Gasteiger partial charge in [0.15, 0.2) is 0 Å². The predicted octanol–water partition coefficient (Wildman–Crippen LogP) is 3.83. The number of halogens is 1. The van der Waals surface area contributed by atoms with Gasteiger partial charge in [0, 0.05) is 18.8 Å². The zero-order valence-electron chi connectivity index (χ0n) is 15.9. The van der Waals surface area contributed by atoms with Crippen molar-refractivity contribution in [1.82, 2.24) is 9.47 Å². The molecule has 7 nitrogen and oxygen atoms in total. The zero-order valence-corrected chi connectivity index (χ0v) is 16.7. The van der Waals surface area contributed by atoms with Crippen molar-refractivity contribution in [3.63, 3.8) is 0 Å². The molecule has 0 bridgehead atoms. The molecule has 0 spiro atoms. The van der Waals surface area contributed by atoms with Gasteiger partial charge in [-0.1, -0.05) is 41.9 Å². The fourth-order valence-electron chi connectivity index (χ4n) is 3.66. The summed E-state index contributed by atoms with van der Waals surface area (Å²) < 4.78 is 1.96. The van der Waals surface area contributed by atoms with Crippen LogP contribution in [0.1, 0.15) is 21.6 Å². The van der Waals surface area contributed by atoms with Crippen LogP contribution in [0.3, 0.4) is 0 Å². The summed E-state index contributed by atoms with van der Waals surface area (Å²) in [5.74, 6) is -0.625. The number of rotatable bonds is 3. The van der Waals surface area contributed by atoms with Gasteiger partial charge in [0.1, 0.15) is 0 Å². The maximum absolute atomic E-state index is 12.8. The Bertz CT molecular complexity index is 1160. The van der Waals surface area contributed by atoms with Crippen LogP contribution < -0.4 is 11.1 Å². The molecule has 0 atom stereocenters. The molecule has 0 saturated carbocycles. The molecule has 0 saturated heterocycles. The van der Waals surface area contributed by atoms with Gasteiger partial charge in [-0.25, -0.2) is 4.79 Å². The van der Waals surface area contributed by atoms with E-state index >= 15 is 0 Å². The van der Waals surface area contributed by atoms with Crippen LogP contribution in [0.25, 0.3) is 11.3 Å². The highest BCUT2D eigenvalue weighted by Crippen LogP contribution is 2.37. The number of primary amides is 1. The maximum atomic E-state index is 12.8. The second-order valence-corrected chi connectivity index (χ2v) is 7.29. The normalized spacial score (nSPS) is 12.7. The molecule has 2 aromatic carbocycles. The monoisotopic (exact) mass is 419 g/mol. The molecule has 1 aromatic heterocycles. The maximum Gasteiger partial charge on any atom is 0.322 e. The lowest BCUT2D eigenvalue weighted by atomic mass is 10.1. The average Bonchev–Trinajstić information content (AvgIpc) is 3.06. The number of nitrogens with two attached hydrogens (primary N) is 1. The largest absolute Gasteiger partial charge is 0.365 e. The van der Waals surface area contributed by atoms with Crippen molar-refractivity contribution in [1.29, 1.82) is 5.26 Å². The predicted molar refractivity (Wildman–Crippen MR) is 114 cm³/mol. The van der Waals surface area contributed by atoms with E-state index in [0.717, 1.165) is 11.3 Å². The quantitative estimate of drug-likeness (QED) is 0.674. The number of anilines is 1. The lowest BCUT2D eigenvalue weighted by molar-refractivity contribution is 0.0997. The first-order valence-electron chi connectivity index (χ1n) is 9.31. The Kier molecular flexibility index (Phi) is 5.17. The highest BCUT2D eigenvalue weighted by atomic mass is 35.5. The lowest BCUT2D eigenvalue weighted by Gasteiger charge is -2.30. The number of nitrogens with one attached hydrogen (secondary N) is 1. The van der Waals surface area contributed by atoms with Gasteiger partial charge in [0.25, 0.3) is 5.91 Å². The summed E-state index contributed by atoms with van der Waals surface area (Å²) in [6, 6.07) is 17.9. The summed E-state index contributed by atoms with van der Waals surface area (Å²) >= 11 is 6.57. The number of hydrogen-bond acceptors (Lipinski definition) is 3. The molecule has 150 valence electrons. The summed E-state index contributed by atoms with van der Waals surface area (Å²) in [5, 5.41) is 12.0. The third-order valence-electron chi connectivity index (χ3n) is 5.09. The number of amides is 3. The molecule has 3 N–H and O–H groups in total. The minimum atomic E-state index is -0.625. The number of nitrogens with zero attached hydrogens (tertiary/aromatic N) is 3. The van der Waals surface area contributed by atoms with Crippen LogP contribution in [0, 0.1) is 11.3 Å². The van der Waals surface area contributed by atoms with Crippen LogP contribution in [-0.4, -0.2) is 28.0 Å². The van der Waals surface area contributed by atoms with Crippen molar-refractivity contribution in [3.8, 4) is 17.3 Å². The van der Waals surface area contributed by atoms with Gasteiger partial charge in [0.05, 0.1) is 40.2 Å². The number of urea groups is 1. The SMILES string of the molecule is N#Cc1ccc(NC(=O)N2CCn3c(c(C(N)=O)c(Cl)c3-c3ccccc3)C2)cc1. The van der Waals surface area contributed by atoms with E-state index in [0.29, 0.717) is 35.1 Å². The van der Waals surface area contributed by atoms with E-state index < -0.39 is 5.91 Å². The highest BCUT2D eigenvalue weighted by molar-refractivity contribution is 6.36. The first-order chi connectivity index (χ1) is 14.5. The van der Waals surface area contributed by atoms with E-state index in [2.05, 4.69) is 5.32 Å². The number of aromatic nitrogens is 1. The molecule has 0 aliphatic carbocycles. The minimum Gasteiger partial charge on any atom is -0.365 e. The topological polar surface area (TPSA) is 104 Å². The van der Waals surface area contributed by atoms with Crippen LogP contribution in [0.4, 0.5) is 10.5 Å². The Morgan fingerprint density at radius 3 is 2.40 bits per heavy atom. The molecule has 3 amide bonds. The van der Waals surface area contributed by atoms with E-state index in [1.807, 2.05) is 41.0 Å². The first-order valence-corrected chi connectivity index (χ1v) is 9.69. The molecule has 2 heterocycles. The van der Waals surface area contributed by atoms with Gasteiger partial charge in [-0.05, 0) is 29.8 Å². The van der Waals surface area contributed by atoms with Crippen LogP contribution in [0.5, 0.6) is 0 Å². The van der Waals surface area contributed by atoms with Crippen LogP contribution >= 0.6 is 11.6 Å². The third-order valence-corrected chi connectivity index (χ3v) is 5.46. The van der Waals surface area contributed by atoms with Crippen LogP contribution in [0.2, 0.25) is 5.02 Å². The van der Waals surface area contributed by atoms with E-state index in [9.17, 15) is 9.59 Å². The third kappa shape index (κ3) is 3.49. The van der Waals surface area contributed by atoms with Crippen molar-refractivity contribution in [3.05, 3.63) is 76.4 Å². The van der Waals surface area contributed by atoms with Gasteiger partial charge < -0.3 is 20.5 Å². The fraction of sp³-hybridized carbons (Fsp3) is 0.136. The van der Waals surface area contributed by atoms with E-state index in [1.54, 1.807) is 29.2 Å². The van der Waals surface area contributed by atoms with Gasteiger partial charge in [-0.3, -0.25) is 4.79 Å².